The maximum Gasteiger partial charge on any atom is 0.0300 e. The highest BCUT2D eigenvalue weighted by Gasteiger charge is 2.09. The summed E-state index contributed by atoms with van der Waals surface area (Å²) in [7, 11) is 0. The first-order chi connectivity index (χ1) is 9.28. The zero-order valence-corrected chi connectivity index (χ0v) is 11.8. The van der Waals surface area contributed by atoms with E-state index in [1.807, 2.05) is 18.5 Å². The molecule has 2 rings (SSSR count). The largest absolute Gasteiger partial charge is 0.314 e. The Labute approximate surface area is 115 Å². The van der Waals surface area contributed by atoms with Crippen molar-refractivity contribution in [3.63, 3.8) is 0 Å². The van der Waals surface area contributed by atoms with Crippen molar-refractivity contribution in [1.82, 2.24) is 10.3 Å². The highest BCUT2D eigenvalue weighted by atomic mass is 14.9. The molecule has 1 aromatic heterocycles. The molecule has 0 fully saturated rings. The molecule has 0 aliphatic heterocycles. The molecule has 1 heterocycles. The van der Waals surface area contributed by atoms with Gasteiger partial charge in [0.2, 0.25) is 0 Å². The van der Waals surface area contributed by atoms with Gasteiger partial charge in [0.25, 0.3) is 0 Å². The lowest BCUT2D eigenvalue weighted by Crippen LogP contribution is -2.33. The standard InChI is InChI=1S/C17H22N2/c1-3-19-17(12-16-8-5-9-18-13-16)11-15-7-4-6-14(2)10-15/h4-10,13,17,19H,3,11-12H2,1-2H3. The van der Waals surface area contributed by atoms with Crippen molar-refractivity contribution in [2.45, 2.75) is 32.7 Å². The third-order valence-electron chi connectivity index (χ3n) is 3.26. The Balaban J connectivity index is 2.04. The highest BCUT2D eigenvalue weighted by molar-refractivity contribution is 5.23. The van der Waals surface area contributed by atoms with Crippen molar-refractivity contribution in [2.75, 3.05) is 6.54 Å². The third kappa shape index (κ3) is 4.49. The van der Waals surface area contributed by atoms with Crippen molar-refractivity contribution in [3.8, 4) is 0 Å². The molecule has 0 aliphatic rings. The van der Waals surface area contributed by atoms with E-state index in [2.05, 4.69) is 54.5 Å². The van der Waals surface area contributed by atoms with E-state index in [4.69, 9.17) is 0 Å². The van der Waals surface area contributed by atoms with E-state index in [0.29, 0.717) is 6.04 Å². The first-order valence-corrected chi connectivity index (χ1v) is 6.95. The summed E-state index contributed by atoms with van der Waals surface area (Å²) in [6.45, 7) is 5.30. The predicted octanol–water partition coefficient (Wildman–Crippen LogP) is 3.15. The van der Waals surface area contributed by atoms with Gasteiger partial charge in [-0.25, -0.2) is 0 Å². The van der Waals surface area contributed by atoms with Crippen LogP contribution in [0.2, 0.25) is 0 Å². The van der Waals surface area contributed by atoms with E-state index in [1.165, 1.54) is 16.7 Å². The molecule has 2 aromatic rings. The molecule has 100 valence electrons. The van der Waals surface area contributed by atoms with Gasteiger partial charge in [0.1, 0.15) is 0 Å². The van der Waals surface area contributed by atoms with Crippen molar-refractivity contribution in [2.24, 2.45) is 0 Å². The fraction of sp³-hybridized carbons (Fsp3) is 0.353. The molecule has 2 heteroatoms. The number of aromatic nitrogens is 1. The second-order valence-electron chi connectivity index (χ2n) is 5.01. The van der Waals surface area contributed by atoms with E-state index in [-0.39, 0.29) is 0 Å². The summed E-state index contributed by atoms with van der Waals surface area (Å²) in [4.78, 5) is 4.19. The lowest BCUT2D eigenvalue weighted by molar-refractivity contribution is 0.521. The summed E-state index contributed by atoms with van der Waals surface area (Å²) in [5, 5.41) is 3.57. The van der Waals surface area contributed by atoms with E-state index in [9.17, 15) is 0 Å². The minimum atomic E-state index is 0.469. The summed E-state index contributed by atoms with van der Waals surface area (Å²) >= 11 is 0. The van der Waals surface area contributed by atoms with E-state index >= 15 is 0 Å². The first kappa shape index (κ1) is 13.8. The number of aryl methyl sites for hydroxylation is 1. The minimum absolute atomic E-state index is 0.469. The summed E-state index contributed by atoms with van der Waals surface area (Å²) < 4.78 is 0. The molecule has 0 amide bonds. The normalized spacial score (nSPS) is 12.3. The second kappa shape index (κ2) is 7.05. The molecule has 0 saturated heterocycles. The van der Waals surface area contributed by atoms with Crippen LogP contribution in [0.25, 0.3) is 0 Å². The average molecular weight is 254 g/mol. The van der Waals surface area contributed by atoms with Gasteiger partial charge in [0.05, 0.1) is 0 Å². The van der Waals surface area contributed by atoms with Crippen molar-refractivity contribution in [1.29, 1.82) is 0 Å². The average Bonchev–Trinajstić information content (AvgIpc) is 2.40. The van der Waals surface area contributed by atoms with Crippen LogP contribution in [0.1, 0.15) is 23.6 Å². The number of benzene rings is 1. The van der Waals surface area contributed by atoms with Gasteiger partial charge in [-0.05, 0) is 43.5 Å². The molecule has 1 atom stereocenters. The molecule has 1 N–H and O–H groups in total. The number of pyridine rings is 1. The van der Waals surface area contributed by atoms with Gasteiger partial charge in [-0.3, -0.25) is 4.98 Å². The molecule has 0 aliphatic carbocycles. The number of hydrogen-bond acceptors (Lipinski definition) is 2. The van der Waals surface area contributed by atoms with Gasteiger partial charge in [-0.15, -0.1) is 0 Å². The predicted molar refractivity (Wildman–Crippen MR) is 80.3 cm³/mol. The zero-order chi connectivity index (χ0) is 13.5. The molecule has 1 unspecified atom stereocenters. The number of hydrogen-bond donors (Lipinski definition) is 1. The highest BCUT2D eigenvalue weighted by Crippen LogP contribution is 2.10. The van der Waals surface area contributed by atoms with E-state index in [1.54, 1.807) is 0 Å². The summed E-state index contributed by atoms with van der Waals surface area (Å²) in [5.74, 6) is 0. The van der Waals surface area contributed by atoms with E-state index < -0.39 is 0 Å². The van der Waals surface area contributed by atoms with Gasteiger partial charge >= 0.3 is 0 Å². The van der Waals surface area contributed by atoms with Gasteiger partial charge in [-0.1, -0.05) is 42.8 Å². The smallest absolute Gasteiger partial charge is 0.0300 e. The fourth-order valence-corrected chi connectivity index (χ4v) is 2.43. The van der Waals surface area contributed by atoms with Crippen LogP contribution >= 0.6 is 0 Å². The molecule has 0 spiro atoms. The monoisotopic (exact) mass is 254 g/mol. The zero-order valence-electron chi connectivity index (χ0n) is 11.8. The maximum atomic E-state index is 4.19. The molecular weight excluding hydrogens is 232 g/mol. The lowest BCUT2D eigenvalue weighted by Gasteiger charge is -2.18. The molecule has 1 aromatic carbocycles. The first-order valence-electron chi connectivity index (χ1n) is 6.95. The van der Waals surface area contributed by atoms with E-state index in [0.717, 1.165) is 19.4 Å². The van der Waals surface area contributed by atoms with Crippen LogP contribution in [0.4, 0.5) is 0 Å². The molecule has 19 heavy (non-hydrogen) atoms. The minimum Gasteiger partial charge on any atom is -0.314 e. The van der Waals surface area contributed by atoms with Crippen molar-refractivity contribution < 1.29 is 0 Å². The Kier molecular flexibility index (Phi) is 5.10. The van der Waals surface area contributed by atoms with Crippen LogP contribution in [-0.2, 0) is 12.8 Å². The van der Waals surface area contributed by atoms with Gasteiger partial charge in [-0.2, -0.15) is 0 Å². The Morgan fingerprint density at radius 3 is 2.58 bits per heavy atom. The van der Waals surface area contributed by atoms with Crippen molar-refractivity contribution >= 4 is 0 Å². The quantitative estimate of drug-likeness (QED) is 0.856. The van der Waals surface area contributed by atoms with Gasteiger partial charge < -0.3 is 5.32 Å². The summed E-state index contributed by atoms with van der Waals surface area (Å²) in [5.41, 5.74) is 4.02. The lowest BCUT2D eigenvalue weighted by atomic mass is 9.99. The van der Waals surface area contributed by atoms with Crippen molar-refractivity contribution in [3.05, 3.63) is 65.5 Å². The number of rotatable bonds is 6. The molecular formula is C17H22N2. The number of likely N-dealkylation sites (N-methyl/N-ethyl adjacent to an activating group) is 1. The molecule has 0 radical (unpaired) electrons. The maximum absolute atomic E-state index is 4.19. The number of nitrogens with one attached hydrogen (secondary N) is 1. The Hall–Kier alpha value is -1.67. The SMILES string of the molecule is CCNC(Cc1cccnc1)Cc1cccc(C)c1. The molecule has 0 bridgehead atoms. The Morgan fingerprint density at radius 2 is 1.89 bits per heavy atom. The topological polar surface area (TPSA) is 24.9 Å². The van der Waals surface area contributed by atoms with Crippen LogP contribution in [0.15, 0.2) is 48.8 Å². The van der Waals surface area contributed by atoms with Crippen LogP contribution in [0.5, 0.6) is 0 Å². The van der Waals surface area contributed by atoms with Crippen LogP contribution in [0.3, 0.4) is 0 Å². The second-order valence-corrected chi connectivity index (χ2v) is 5.01. The van der Waals surface area contributed by atoms with Gasteiger partial charge in [0.15, 0.2) is 0 Å². The van der Waals surface area contributed by atoms with Crippen LogP contribution < -0.4 is 5.32 Å². The van der Waals surface area contributed by atoms with Gasteiger partial charge in [0, 0.05) is 18.4 Å². The Bertz CT molecular complexity index is 494. The third-order valence-corrected chi connectivity index (χ3v) is 3.26. The van der Waals surface area contributed by atoms with Crippen LogP contribution in [-0.4, -0.2) is 17.6 Å². The molecule has 2 nitrogen and oxygen atoms in total. The summed E-state index contributed by atoms with van der Waals surface area (Å²) in [6.07, 6.45) is 5.87. The number of nitrogens with zero attached hydrogens (tertiary/aromatic N) is 1. The Morgan fingerprint density at radius 1 is 1.11 bits per heavy atom. The van der Waals surface area contributed by atoms with Crippen LogP contribution in [0, 0.1) is 6.92 Å². The summed E-state index contributed by atoms with van der Waals surface area (Å²) in [6, 6.07) is 13.4. The fourth-order valence-electron chi connectivity index (χ4n) is 2.43. The molecule has 0 saturated carbocycles.